The summed E-state index contributed by atoms with van der Waals surface area (Å²) in [5.74, 6) is -3.15. The van der Waals surface area contributed by atoms with Gasteiger partial charge in [-0.25, -0.2) is 4.79 Å². The van der Waals surface area contributed by atoms with Gasteiger partial charge in [-0.3, -0.25) is 9.00 Å². The van der Waals surface area contributed by atoms with Crippen molar-refractivity contribution in [2.24, 2.45) is 0 Å². The first kappa shape index (κ1) is 21.1. The standard InChI is InChI=1S/C17H17ClN2O8S/c1-7-5-12(22)20(7)15(16(24)25)17(2,29(26)27)11-6-10(28-19-11)8-3-4-9(21)14(23)13(8)18/h3-4,6-7,15,21,23H,5H2,1-2H3,(H,24,25)(H,26,27)/p-1/t7-,15+,17+/m1/s1. The molecule has 12 heteroatoms. The summed E-state index contributed by atoms with van der Waals surface area (Å²) in [5, 5.41) is 32.4. The Morgan fingerprint density at radius 2 is 2.14 bits per heavy atom. The van der Waals surface area contributed by atoms with E-state index in [0.717, 1.165) is 17.9 Å². The van der Waals surface area contributed by atoms with Gasteiger partial charge in [0, 0.05) is 24.1 Å². The number of carbonyl (C=O) groups excluding carboxylic acids is 1. The summed E-state index contributed by atoms with van der Waals surface area (Å²) in [6.07, 6.45) is 0.109. The van der Waals surface area contributed by atoms with Crippen LogP contribution in [0.5, 0.6) is 11.5 Å². The number of nitrogens with zero attached hydrogens (tertiary/aromatic N) is 2. The highest BCUT2D eigenvalue weighted by Gasteiger charge is 2.54. The van der Waals surface area contributed by atoms with Crippen LogP contribution >= 0.6 is 11.6 Å². The first-order valence-electron chi connectivity index (χ1n) is 8.31. The molecule has 29 heavy (non-hydrogen) atoms. The molecule has 1 fully saturated rings. The molecule has 3 N–H and O–H groups in total. The van der Waals surface area contributed by atoms with Gasteiger partial charge < -0.3 is 29.3 Å². The lowest BCUT2D eigenvalue weighted by Gasteiger charge is -2.48. The van der Waals surface area contributed by atoms with Crippen LogP contribution in [0.3, 0.4) is 0 Å². The molecule has 4 atom stereocenters. The molecule has 2 aromatic rings. The quantitative estimate of drug-likeness (QED) is 0.341. The van der Waals surface area contributed by atoms with Gasteiger partial charge in [0.15, 0.2) is 23.3 Å². The van der Waals surface area contributed by atoms with Crippen LogP contribution < -0.4 is 0 Å². The Morgan fingerprint density at radius 1 is 1.48 bits per heavy atom. The van der Waals surface area contributed by atoms with Crippen molar-refractivity contribution < 1.29 is 38.2 Å². The number of aromatic hydroxyl groups is 2. The molecule has 1 aromatic heterocycles. The summed E-state index contributed by atoms with van der Waals surface area (Å²) in [7, 11) is 0. The van der Waals surface area contributed by atoms with Gasteiger partial charge in [0.05, 0.1) is 5.02 Å². The van der Waals surface area contributed by atoms with Crippen LogP contribution in [0.1, 0.15) is 26.0 Å². The number of aliphatic carboxylic acids is 1. The van der Waals surface area contributed by atoms with Crippen molar-refractivity contribution in [1.82, 2.24) is 10.1 Å². The predicted molar refractivity (Wildman–Crippen MR) is 98.9 cm³/mol. The molecule has 0 bridgehead atoms. The van der Waals surface area contributed by atoms with Gasteiger partial charge in [0.1, 0.15) is 10.4 Å². The molecule has 2 heterocycles. The number of hydrogen-bond donors (Lipinski definition) is 3. The Balaban J connectivity index is 2.11. The maximum Gasteiger partial charge on any atom is 0.328 e. The van der Waals surface area contributed by atoms with Crippen LogP contribution in [-0.4, -0.2) is 58.1 Å². The van der Waals surface area contributed by atoms with E-state index in [1.54, 1.807) is 6.92 Å². The van der Waals surface area contributed by atoms with Gasteiger partial charge in [-0.2, -0.15) is 0 Å². The number of benzene rings is 1. The number of rotatable bonds is 6. The van der Waals surface area contributed by atoms with Crippen molar-refractivity contribution in [1.29, 1.82) is 0 Å². The molecule has 0 aliphatic carbocycles. The van der Waals surface area contributed by atoms with Gasteiger partial charge in [-0.1, -0.05) is 16.8 Å². The Morgan fingerprint density at radius 3 is 2.66 bits per heavy atom. The third-order valence-corrected chi connectivity index (χ3v) is 6.50. The average molecular weight is 444 g/mol. The number of phenolic OH excluding ortho intramolecular Hbond substituents is 2. The largest absolute Gasteiger partial charge is 0.772 e. The minimum absolute atomic E-state index is 0.0656. The van der Waals surface area contributed by atoms with Gasteiger partial charge in [-0.15, -0.1) is 0 Å². The number of carboxylic acids is 1. The molecule has 1 amide bonds. The van der Waals surface area contributed by atoms with Gasteiger partial charge in [0.2, 0.25) is 5.91 Å². The molecule has 3 rings (SSSR count). The van der Waals surface area contributed by atoms with E-state index in [9.17, 15) is 33.7 Å². The highest BCUT2D eigenvalue weighted by molar-refractivity contribution is 7.80. The van der Waals surface area contributed by atoms with Crippen molar-refractivity contribution in [2.45, 2.75) is 37.1 Å². The van der Waals surface area contributed by atoms with Crippen LogP contribution in [0.2, 0.25) is 5.02 Å². The summed E-state index contributed by atoms with van der Waals surface area (Å²) in [4.78, 5) is 24.9. The highest BCUT2D eigenvalue weighted by atomic mass is 35.5. The third-order valence-electron chi connectivity index (χ3n) is 4.99. The van der Waals surface area contributed by atoms with Gasteiger partial charge >= 0.3 is 5.97 Å². The topological polar surface area (TPSA) is 164 Å². The first-order valence-corrected chi connectivity index (χ1v) is 9.76. The zero-order valence-electron chi connectivity index (χ0n) is 15.2. The maximum atomic E-state index is 12.2. The third kappa shape index (κ3) is 3.24. The molecule has 1 aromatic carbocycles. The van der Waals surface area contributed by atoms with E-state index < -0.39 is 51.3 Å². The highest BCUT2D eigenvalue weighted by Crippen LogP contribution is 2.43. The summed E-state index contributed by atoms with van der Waals surface area (Å²) >= 11 is 2.97. The van der Waals surface area contributed by atoms with Gasteiger partial charge in [0.25, 0.3) is 0 Å². The van der Waals surface area contributed by atoms with Crippen LogP contribution in [0.15, 0.2) is 22.7 Å². The predicted octanol–water partition coefficient (Wildman–Crippen LogP) is 1.57. The smallest absolute Gasteiger partial charge is 0.328 e. The van der Waals surface area contributed by atoms with E-state index in [-0.39, 0.29) is 28.5 Å². The van der Waals surface area contributed by atoms with Crippen LogP contribution in [0, 0.1) is 0 Å². The normalized spacial score (nSPS) is 20.6. The van der Waals surface area contributed by atoms with Crippen LogP contribution in [0.4, 0.5) is 0 Å². The van der Waals surface area contributed by atoms with Crippen molar-refractivity contribution in [3.8, 4) is 22.8 Å². The van der Waals surface area contributed by atoms with E-state index in [1.807, 2.05) is 0 Å². The van der Waals surface area contributed by atoms with E-state index >= 15 is 0 Å². The molecule has 0 radical (unpaired) electrons. The molecule has 156 valence electrons. The van der Waals surface area contributed by atoms with Crippen molar-refractivity contribution in [2.75, 3.05) is 0 Å². The molecule has 1 saturated heterocycles. The summed E-state index contributed by atoms with van der Waals surface area (Å²) in [6, 6.07) is 1.42. The van der Waals surface area contributed by atoms with Crippen LogP contribution in [-0.2, 0) is 25.4 Å². The zero-order valence-corrected chi connectivity index (χ0v) is 16.7. The van der Waals surface area contributed by atoms with Gasteiger partial charge in [-0.05, 0) is 37.1 Å². The summed E-state index contributed by atoms with van der Waals surface area (Å²) in [6.45, 7) is 2.74. The molecular formula is C17H16ClN2O8S-. The Kier molecular flexibility index (Phi) is 5.32. The number of likely N-dealkylation sites (tertiary alicyclic amines) is 1. The number of amides is 1. The number of phenols is 2. The van der Waals surface area contributed by atoms with E-state index in [2.05, 4.69) is 5.16 Å². The number of hydrogen-bond acceptors (Lipinski definition) is 8. The Labute approximate surface area is 172 Å². The van der Waals surface area contributed by atoms with E-state index in [4.69, 9.17) is 16.1 Å². The second kappa shape index (κ2) is 7.32. The molecular weight excluding hydrogens is 428 g/mol. The molecule has 1 aliphatic heterocycles. The number of carboxylic acid groups (broad SMARTS) is 1. The van der Waals surface area contributed by atoms with Crippen molar-refractivity contribution in [3.63, 3.8) is 0 Å². The fraction of sp³-hybridized carbons (Fsp3) is 0.353. The second-order valence-electron chi connectivity index (χ2n) is 6.81. The fourth-order valence-corrected chi connectivity index (χ4v) is 4.22. The number of carbonyl (C=O) groups is 2. The zero-order chi connectivity index (χ0) is 21.7. The van der Waals surface area contributed by atoms with Crippen molar-refractivity contribution in [3.05, 3.63) is 28.9 Å². The summed E-state index contributed by atoms with van der Waals surface area (Å²) in [5.41, 5.74) is -0.163. The second-order valence-corrected chi connectivity index (χ2v) is 8.50. The van der Waals surface area contributed by atoms with E-state index in [0.29, 0.717) is 0 Å². The maximum absolute atomic E-state index is 12.2. The number of β-lactam (4-membered cyclic amide) rings is 1. The molecule has 0 saturated carbocycles. The van der Waals surface area contributed by atoms with E-state index in [1.165, 1.54) is 12.1 Å². The number of aromatic nitrogens is 1. The first-order chi connectivity index (χ1) is 13.5. The molecule has 1 aliphatic rings. The lowest BCUT2D eigenvalue weighted by atomic mass is 9.89. The molecule has 0 spiro atoms. The average Bonchev–Trinajstić information content (AvgIpc) is 3.13. The number of halogens is 1. The Bertz CT molecular complexity index is 1020. The molecule has 1 unspecified atom stereocenters. The fourth-order valence-electron chi connectivity index (χ4n) is 3.31. The molecule has 10 nitrogen and oxygen atoms in total. The monoisotopic (exact) mass is 443 g/mol. The lowest BCUT2D eigenvalue weighted by molar-refractivity contribution is -0.163. The van der Waals surface area contributed by atoms with Crippen LogP contribution in [0.25, 0.3) is 11.3 Å². The SMILES string of the molecule is C[C@@H]1CC(=O)N1[C@@H](C(=O)O)[C@](C)(c1cc(-c2ccc(O)c(O)c2Cl)on1)S(=O)[O-]. The minimum Gasteiger partial charge on any atom is -0.772 e. The minimum atomic E-state index is -3.01. The van der Waals surface area contributed by atoms with Crippen molar-refractivity contribution >= 4 is 34.6 Å². The lowest BCUT2D eigenvalue weighted by Crippen LogP contribution is -2.65. The summed E-state index contributed by atoms with van der Waals surface area (Å²) < 4.78 is 27.3. The Hall–Kier alpha value is -2.63.